The van der Waals surface area contributed by atoms with Gasteiger partial charge in [0.15, 0.2) is 0 Å². The van der Waals surface area contributed by atoms with E-state index in [1.54, 1.807) is 0 Å². The predicted molar refractivity (Wildman–Crippen MR) is 85.8 cm³/mol. The van der Waals surface area contributed by atoms with Gasteiger partial charge in [-0.05, 0) is 36.6 Å². The van der Waals surface area contributed by atoms with E-state index in [0.29, 0.717) is 0 Å². The van der Waals surface area contributed by atoms with Crippen LogP contribution in [0, 0.1) is 0 Å². The number of aromatic nitrogens is 1. The average Bonchev–Trinajstić information content (AvgIpc) is 2.53. The van der Waals surface area contributed by atoms with Crippen molar-refractivity contribution in [2.24, 2.45) is 0 Å². The van der Waals surface area contributed by atoms with Crippen LogP contribution >= 0.6 is 0 Å². The molecule has 1 aromatic heterocycles. The van der Waals surface area contributed by atoms with Gasteiger partial charge in [0.25, 0.3) is 0 Å². The fourth-order valence-electron chi connectivity index (χ4n) is 2.49. The van der Waals surface area contributed by atoms with Gasteiger partial charge in [-0.15, -0.1) is 0 Å². The highest BCUT2D eigenvalue weighted by atomic mass is 14.7. The minimum Gasteiger partial charge on any atom is -0.248 e. The van der Waals surface area contributed by atoms with Crippen LogP contribution < -0.4 is 0 Å². The van der Waals surface area contributed by atoms with Crippen LogP contribution in [0.5, 0.6) is 0 Å². The summed E-state index contributed by atoms with van der Waals surface area (Å²) in [5, 5.41) is 1.19. The Morgan fingerprint density at radius 3 is 2.70 bits per heavy atom. The van der Waals surface area contributed by atoms with Gasteiger partial charge in [-0.2, -0.15) is 0 Å². The molecule has 3 aromatic rings. The van der Waals surface area contributed by atoms with Crippen molar-refractivity contribution in [3.05, 3.63) is 66.2 Å². The molecule has 1 heterocycles. The molecule has 0 unspecified atom stereocenters. The summed E-state index contributed by atoms with van der Waals surface area (Å²) in [6.07, 6.45) is 3.63. The van der Waals surface area contributed by atoms with Crippen molar-refractivity contribution in [1.29, 1.82) is 0 Å². The maximum atomic E-state index is 4.77. The highest BCUT2D eigenvalue weighted by Crippen LogP contribution is 2.22. The number of rotatable bonds is 4. The molecule has 2 aromatic carbocycles. The Kier molecular flexibility index (Phi) is 3.78. The summed E-state index contributed by atoms with van der Waals surface area (Å²) in [6.45, 7) is 2.23. The van der Waals surface area contributed by atoms with E-state index in [4.69, 9.17) is 4.98 Å². The summed E-state index contributed by atoms with van der Waals surface area (Å²) >= 11 is 0. The SMILES string of the molecule is CCCCc1cccc(-c2ccc3ccccc3n2)c1. The van der Waals surface area contributed by atoms with Gasteiger partial charge in [0.2, 0.25) is 0 Å². The van der Waals surface area contributed by atoms with Crippen LogP contribution in [0.1, 0.15) is 25.3 Å². The second-order valence-corrected chi connectivity index (χ2v) is 5.19. The Hall–Kier alpha value is -2.15. The quantitative estimate of drug-likeness (QED) is 0.625. The zero-order chi connectivity index (χ0) is 13.8. The Bertz CT molecular complexity index is 716. The Balaban J connectivity index is 1.97. The molecule has 0 aliphatic heterocycles. The summed E-state index contributed by atoms with van der Waals surface area (Å²) in [5.74, 6) is 0. The molecule has 20 heavy (non-hydrogen) atoms. The predicted octanol–water partition coefficient (Wildman–Crippen LogP) is 5.24. The second-order valence-electron chi connectivity index (χ2n) is 5.19. The van der Waals surface area contributed by atoms with Gasteiger partial charge in [0.05, 0.1) is 11.2 Å². The molecule has 0 atom stereocenters. The third-order valence-electron chi connectivity index (χ3n) is 3.64. The maximum Gasteiger partial charge on any atom is 0.0709 e. The molecule has 3 rings (SSSR count). The van der Waals surface area contributed by atoms with E-state index in [1.165, 1.54) is 29.4 Å². The first-order valence-electron chi connectivity index (χ1n) is 7.32. The highest BCUT2D eigenvalue weighted by molar-refractivity contribution is 5.81. The number of nitrogens with zero attached hydrogens (tertiary/aromatic N) is 1. The molecular weight excluding hydrogens is 242 g/mol. The molecule has 1 heteroatoms. The molecule has 100 valence electrons. The first-order valence-corrected chi connectivity index (χ1v) is 7.32. The van der Waals surface area contributed by atoms with Crippen molar-refractivity contribution in [2.75, 3.05) is 0 Å². The van der Waals surface area contributed by atoms with Gasteiger partial charge >= 0.3 is 0 Å². The summed E-state index contributed by atoms with van der Waals surface area (Å²) in [5.41, 5.74) is 4.73. The van der Waals surface area contributed by atoms with Crippen molar-refractivity contribution >= 4 is 10.9 Å². The van der Waals surface area contributed by atoms with Crippen molar-refractivity contribution in [3.63, 3.8) is 0 Å². The van der Waals surface area contributed by atoms with Crippen LogP contribution in [0.4, 0.5) is 0 Å². The van der Waals surface area contributed by atoms with Gasteiger partial charge in [-0.25, -0.2) is 4.98 Å². The maximum absolute atomic E-state index is 4.77. The lowest BCUT2D eigenvalue weighted by Gasteiger charge is -2.06. The standard InChI is InChI=1S/C19H19N/c1-2-3-7-15-8-6-10-17(14-15)19-13-12-16-9-4-5-11-18(16)20-19/h4-6,8-14H,2-3,7H2,1H3. The molecule has 0 saturated heterocycles. The zero-order valence-corrected chi connectivity index (χ0v) is 11.8. The molecule has 0 saturated carbocycles. The second kappa shape index (κ2) is 5.87. The third-order valence-corrected chi connectivity index (χ3v) is 3.64. The average molecular weight is 261 g/mol. The van der Waals surface area contributed by atoms with E-state index in [0.717, 1.165) is 17.6 Å². The lowest BCUT2D eigenvalue weighted by atomic mass is 10.0. The molecule has 0 amide bonds. The van der Waals surface area contributed by atoms with E-state index in [1.807, 2.05) is 6.07 Å². The van der Waals surface area contributed by atoms with E-state index < -0.39 is 0 Å². The van der Waals surface area contributed by atoms with Gasteiger partial charge in [-0.1, -0.05) is 55.8 Å². The monoisotopic (exact) mass is 261 g/mol. The van der Waals surface area contributed by atoms with Gasteiger partial charge in [0.1, 0.15) is 0 Å². The third kappa shape index (κ3) is 2.72. The summed E-state index contributed by atoms with van der Waals surface area (Å²) in [7, 11) is 0. The van der Waals surface area contributed by atoms with Crippen molar-refractivity contribution in [1.82, 2.24) is 4.98 Å². The zero-order valence-electron chi connectivity index (χ0n) is 11.8. The molecule has 0 spiro atoms. The molecule has 0 N–H and O–H groups in total. The number of pyridine rings is 1. The molecule has 0 aliphatic carbocycles. The van der Waals surface area contributed by atoms with E-state index in [9.17, 15) is 0 Å². The van der Waals surface area contributed by atoms with E-state index in [2.05, 4.69) is 61.5 Å². The molecule has 0 bridgehead atoms. The summed E-state index contributed by atoms with van der Waals surface area (Å²) < 4.78 is 0. The first kappa shape index (κ1) is 12.9. The number of hydrogen-bond acceptors (Lipinski definition) is 1. The van der Waals surface area contributed by atoms with Crippen LogP contribution in [0.15, 0.2) is 60.7 Å². The number of para-hydroxylation sites is 1. The number of hydrogen-bond donors (Lipinski definition) is 0. The fraction of sp³-hybridized carbons (Fsp3) is 0.211. The van der Waals surface area contributed by atoms with E-state index in [-0.39, 0.29) is 0 Å². The number of benzene rings is 2. The lowest BCUT2D eigenvalue weighted by Crippen LogP contribution is -1.88. The number of fused-ring (bicyclic) bond motifs is 1. The minimum absolute atomic E-state index is 1.06. The van der Waals surface area contributed by atoms with Crippen molar-refractivity contribution in [3.8, 4) is 11.3 Å². The molecule has 1 nitrogen and oxygen atoms in total. The molecule has 0 aliphatic rings. The van der Waals surface area contributed by atoms with Gasteiger partial charge in [-0.3, -0.25) is 0 Å². The van der Waals surface area contributed by atoms with Crippen molar-refractivity contribution in [2.45, 2.75) is 26.2 Å². The lowest BCUT2D eigenvalue weighted by molar-refractivity contribution is 0.795. The molecule has 0 fully saturated rings. The fourth-order valence-corrected chi connectivity index (χ4v) is 2.49. The Morgan fingerprint density at radius 2 is 1.80 bits per heavy atom. The molecular formula is C19H19N. The number of aryl methyl sites for hydroxylation is 1. The topological polar surface area (TPSA) is 12.9 Å². The largest absolute Gasteiger partial charge is 0.248 e. The van der Waals surface area contributed by atoms with Crippen LogP contribution in [0.3, 0.4) is 0 Å². The van der Waals surface area contributed by atoms with Gasteiger partial charge < -0.3 is 0 Å². The normalized spacial score (nSPS) is 10.8. The van der Waals surface area contributed by atoms with Gasteiger partial charge in [0, 0.05) is 10.9 Å². The first-order chi connectivity index (χ1) is 9.86. The smallest absolute Gasteiger partial charge is 0.0709 e. The summed E-state index contributed by atoms with van der Waals surface area (Å²) in [6, 6.07) is 21.3. The number of unbranched alkanes of at least 4 members (excludes halogenated alkanes) is 1. The summed E-state index contributed by atoms with van der Waals surface area (Å²) in [4.78, 5) is 4.77. The van der Waals surface area contributed by atoms with Crippen LogP contribution in [0.2, 0.25) is 0 Å². The van der Waals surface area contributed by atoms with E-state index >= 15 is 0 Å². The van der Waals surface area contributed by atoms with Crippen LogP contribution in [-0.2, 0) is 6.42 Å². The minimum atomic E-state index is 1.06. The molecule has 0 radical (unpaired) electrons. The Labute approximate surface area is 120 Å². The highest BCUT2D eigenvalue weighted by Gasteiger charge is 2.02. The van der Waals surface area contributed by atoms with Crippen LogP contribution in [0.25, 0.3) is 22.2 Å². The van der Waals surface area contributed by atoms with Crippen molar-refractivity contribution < 1.29 is 0 Å². The van der Waals surface area contributed by atoms with Crippen LogP contribution in [-0.4, -0.2) is 4.98 Å². The Morgan fingerprint density at radius 1 is 0.900 bits per heavy atom.